The minimum atomic E-state index is -0.0938. The van der Waals surface area contributed by atoms with Crippen molar-refractivity contribution in [2.75, 3.05) is 5.73 Å². The van der Waals surface area contributed by atoms with Gasteiger partial charge in [0.25, 0.3) is 5.91 Å². The van der Waals surface area contributed by atoms with Crippen LogP contribution in [0.5, 0.6) is 0 Å². The van der Waals surface area contributed by atoms with Gasteiger partial charge in [-0.3, -0.25) is 4.79 Å². The third-order valence-electron chi connectivity index (χ3n) is 3.53. The average Bonchev–Trinajstić information content (AvgIpc) is 2.70. The standard InChI is InChI=1S/C15H19N3O/c1-10-7-8-12(18(10)3)9-17-15(19)13-5-4-6-14(16)11(13)2/h4-8H,9,16H2,1-3H3,(H,17,19). The molecule has 0 atom stereocenters. The predicted octanol–water partition coefficient (Wildman–Crippen LogP) is 2.15. The fourth-order valence-corrected chi connectivity index (χ4v) is 2.01. The second-order valence-electron chi connectivity index (χ2n) is 4.73. The van der Waals surface area contributed by atoms with E-state index in [9.17, 15) is 4.79 Å². The molecule has 1 heterocycles. The van der Waals surface area contributed by atoms with E-state index in [-0.39, 0.29) is 5.91 Å². The number of carbonyl (C=O) groups excluding carboxylic acids is 1. The molecule has 0 bridgehead atoms. The van der Waals surface area contributed by atoms with Crippen LogP contribution in [0.1, 0.15) is 27.3 Å². The van der Waals surface area contributed by atoms with Crippen LogP contribution in [0, 0.1) is 13.8 Å². The number of nitrogen functional groups attached to an aromatic ring is 1. The first-order chi connectivity index (χ1) is 9.00. The number of hydrogen-bond donors (Lipinski definition) is 2. The van der Waals surface area contributed by atoms with Gasteiger partial charge in [-0.2, -0.15) is 0 Å². The molecule has 0 fully saturated rings. The quantitative estimate of drug-likeness (QED) is 0.828. The zero-order valence-corrected chi connectivity index (χ0v) is 11.5. The van der Waals surface area contributed by atoms with Crippen LogP contribution in [0.15, 0.2) is 30.3 Å². The summed E-state index contributed by atoms with van der Waals surface area (Å²) in [6.07, 6.45) is 0. The molecule has 0 aliphatic heterocycles. The molecule has 4 nitrogen and oxygen atoms in total. The second-order valence-corrected chi connectivity index (χ2v) is 4.73. The maximum Gasteiger partial charge on any atom is 0.251 e. The van der Waals surface area contributed by atoms with Crippen molar-refractivity contribution < 1.29 is 4.79 Å². The van der Waals surface area contributed by atoms with Crippen molar-refractivity contribution in [2.45, 2.75) is 20.4 Å². The van der Waals surface area contributed by atoms with Crippen LogP contribution in [0.25, 0.3) is 0 Å². The van der Waals surface area contributed by atoms with E-state index >= 15 is 0 Å². The Bertz CT molecular complexity index is 614. The molecule has 1 aromatic heterocycles. The first-order valence-electron chi connectivity index (χ1n) is 6.25. The van der Waals surface area contributed by atoms with E-state index in [0.717, 1.165) is 11.3 Å². The minimum Gasteiger partial charge on any atom is -0.398 e. The van der Waals surface area contributed by atoms with Gasteiger partial charge in [0.1, 0.15) is 0 Å². The number of nitrogens with one attached hydrogen (secondary N) is 1. The number of benzene rings is 1. The van der Waals surface area contributed by atoms with Gasteiger partial charge in [0.15, 0.2) is 0 Å². The Balaban J connectivity index is 2.10. The molecule has 1 amide bonds. The number of aromatic nitrogens is 1. The van der Waals surface area contributed by atoms with E-state index in [1.54, 1.807) is 18.2 Å². The topological polar surface area (TPSA) is 60.1 Å². The lowest BCUT2D eigenvalue weighted by Gasteiger charge is -2.10. The van der Waals surface area contributed by atoms with Crippen LogP contribution in [0.4, 0.5) is 5.69 Å². The first-order valence-corrected chi connectivity index (χ1v) is 6.25. The number of rotatable bonds is 3. The molecular weight excluding hydrogens is 238 g/mol. The van der Waals surface area contributed by atoms with Crippen molar-refractivity contribution in [3.05, 3.63) is 52.8 Å². The summed E-state index contributed by atoms with van der Waals surface area (Å²) in [6, 6.07) is 9.43. The van der Waals surface area contributed by atoms with E-state index in [0.29, 0.717) is 17.8 Å². The van der Waals surface area contributed by atoms with Gasteiger partial charge in [-0.15, -0.1) is 0 Å². The van der Waals surface area contributed by atoms with E-state index in [1.165, 1.54) is 5.69 Å². The summed E-state index contributed by atoms with van der Waals surface area (Å²) in [6.45, 7) is 4.40. The summed E-state index contributed by atoms with van der Waals surface area (Å²) in [5.74, 6) is -0.0938. The van der Waals surface area contributed by atoms with E-state index in [4.69, 9.17) is 5.73 Å². The molecule has 4 heteroatoms. The van der Waals surface area contributed by atoms with Crippen molar-refractivity contribution in [1.82, 2.24) is 9.88 Å². The van der Waals surface area contributed by atoms with E-state index in [2.05, 4.69) is 9.88 Å². The number of hydrogen-bond acceptors (Lipinski definition) is 2. The third kappa shape index (κ3) is 2.62. The maximum absolute atomic E-state index is 12.1. The maximum atomic E-state index is 12.1. The molecule has 19 heavy (non-hydrogen) atoms. The number of aryl methyl sites for hydroxylation is 1. The Morgan fingerprint density at radius 3 is 2.63 bits per heavy atom. The highest BCUT2D eigenvalue weighted by atomic mass is 16.1. The van der Waals surface area contributed by atoms with Gasteiger partial charge in [0.05, 0.1) is 6.54 Å². The van der Waals surface area contributed by atoms with Crippen LogP contribution >= 0.6 is 0 Å². The average molecular weight is 257 g/mol. The van der Waals surface area contributed by atoms with Gasteiger partial charge in [0.2, 0.25) is 0 Å². The summed E-state index contributed by atoms with van der Waals surface area (Å²) in [5, 5.41) is 2.92. The first kappa shape index (κ1) is 13.2. The molecule has 0 spiro atoms. The minimum absolute atomic E-state index is 0.0938. The van der Waals surface area contributed by atoms with Crippen LogP contribution in [-0.2, 0) is 13.6 Å². The normalized spacial score (nSPS) is 10.5. The Morgan fingerprint density at radius 2 is 2.00 bits per heavy atom. The fourth-order valence-electron chi connectivity index (χ4n) is 2.01. The monoisotopic (exact) mass is 257 g/mol. The molecule has 0 radical (unpaired) electrons. The number of nitrogens with two attached hydrogens (primary N) is 1. The highest BCUT2D eigenvalue weighted by Crippen LogP contribution is 2.15. The van der Waals surface area contributed by atoms with Crippen LogP contribution in [-0.4, -0.2) is 10.5 Å². The van der Waals surface area contributed by atoms with Crippen LogP contribution in [0.3, 0.4) is 0 Å². The fraction of sp³-hybridized carbons (Fsp3) is 0.267. The van der Waals surface area contributed by atoms with Crippen molar-refractivity contribution in [3.63, 3.8) is 0 Å². The molecule has 0 unspecified atom stereocenters. The van der Waals surface area contributed by atoms with Gasteiger partial charge < -0.3 is 15.6 Å². The molecule has 3 N–H and O–H groups in total. The Kier molecular flexibility index (Phi) is 3.60. The van der Waals surface area contributed by atoms with E-state index < -0.39 is 0 Å². The molecule has 0 aliphatic carbocycles. The SMILES string of the molecule is Cc1c(N)cccc1C(=O)NCc1ccc(C)n1C. The van der Waals surface area contributed by atoms with Crippen molar-refractivity contribution >= 4 is 11.6 Å². The number of carbonyl (C=O) groups is 1. The third-order valence-corrected chi connectivity index (χ3v) is 3.53. The summed E-state index contributed by atoms with van der Waals surface area (Å²) in [4.78, 5) is 12.1. The molecule has 100 valence electrons. The molecular formula is C15H19N3O. The molecule has 0 aliphatic rings. The summed E-state index contributed by atoms with van der Waals surface area (Å²) < 4.78 is 2.06. The van der Waals surface area contributed by atoms with Crippen molar-refractivity contribution in [3.8, 4) is 0 Å². The lowest BCUT2D eigenvalue weighted by Crippen LogP contribution is -2.25. The zero-order valence-electron chi connectivity index (χ0n) is 11.5. The smallest absolute Gasteiger partial charge is 0.251 e. The van der Waals surface area contributed by atoms with Gasteiger partial charge in [-0.25, -0.2) is 0 Å². The zero-order chi connectivity index (χ0) is 14.0. The largest absolute Gasteiger partial charge is 0.398 e. The van der Waals surface area contributed by atoms with Gasteiger partial charge in [-0.1, -0.05) is 6.07 Å². The summed E-state index contributed by atoms with van der Waals surface area (Å²) in [7, 11) is 1.99. The molecule has 0 saturated carbocycles. The molecule has 0 saturated heterocycles. The second kappa shape index (κ2) is 5.18. The number of anilines is 1. The number of amides is 1. The molecule has 2 aromatic rings. The molecule has 2 rings (SSSR count). The summed E-state index contributed by atoms with van der Waals surface area (Å²) in [5.41, 5.74) is 10.1. The van der Waals surface area contributed by atoms with Crippen LogP contribution < -0.4 is 11.1 Å². The summed E-state index contributed by atoms with van der Waals surface area (Å²) >= 11 is 0. The Morgan fingerprint density at radius 1 is 1.26 bits per heavy atom. The predicted molar refractivity (Wildman–Crippen MR) is 76.9 cm³/mol. The highest BCUT2D eigenvalue weighted by molar-refractivity contribution is 5.96. The Labute approximate surface area is 113 Å². The van der Waals surface area contributed by atoms with Gasteiger partial charge in [-0.05, 0) is 43.7 Å². The van der Waals surface area contributed by atoms with Crippen molar-refractivity contribution in [2.24, 2.45) is 7.05 Å². The van der Waals surface area contributed by atoms with Gasteiger partial charge in [0, 0.05) is 29.7 Å². The lowest BCUT2D eigenvalue weighted by molar-refractivity contribution is 0.0949. The number of nitrogens with zero attached hydrogens (tertiary/aromatic N) is 1. The van der Waals surface area contributed by atoms with Crippen LogP contribution in [0.2, 0.25) is 0 Å². The van der Waals surface area contributed by atoms with Crippen molar-refractivity contribution in [1.29, 1.82) is 0 Å². The van der Waals surface area contributed by atoms with Gasteiger partial charge >= 0.3 is 0 Å². The highest BCUT2D eigenvalue weighted by Gasteiger charge is 2.10. The lowest BCUT2D eigenvalue weighted by atomic mass is 10.1. The molecule has 1 aromatic carbocycles. The van der Waals surface area contributed by atoms with E-state index in [1.807, 2.05) is 33.0 Å². The Hall–Kier alpha value is -2.23.